The molecule has 22 heavy (non-hydrogen) atoms. The fourth-order valence-electron chi connectivity index (χ4n) is 2.38. The van der Waals surface area contributed by atoms with Crippen LogP contribution in [0.2, 0.25) is 0 Å². The lowest BCUT2D eigenvalue weighted by Gasteiger charge is -2.24. The van der Waals surface area contributed by atoms with Gasteiger partial charge in [-0.2, -0.15) is 16.8 Å². The van der Waals surface area contributed by atoms with Crippen LogP contribution in [-0.4, -0.2) is 36.2 Å². The summed E-state index contributed by atoms with van der Waals surface area (Å²) in [4.78, 5) is 3.99. The number of pyridine rings is 1. The molecule has 0 aliphatic carbocycles. The summed E-state index contributed by atoms with van der Waals surface area (Å²) in [5, 5.41) is -1.15. The van der Waals surface area contributed by atoms with E-state index in [1.54, 1.807) is 6.92 Å². The smallest absolute Gasteiger partial charge is 0.360 e. The molecule has 0 amide bonds. The van der Waals surface area contributed by atoms with Gasteiger partial charge in [0.2, 0.25) is 0 Å². The third kappa shape index (κ3) is 5.20. The molecule has 0 bridgehead atoms. The van der Waals surface area contributed by atoms with Crippen LogP contribution in [0.5, 0.6) is 5.75 Å². The van der Waals surface area contributed by atoms with E-state index >= 15 is 0 Å². The van der Waals surface area contributed by atoms with Gasteiger partial charge in [0.1, 0.15) is 0 Å². The quantitative estimate of drug-likeness (QED) is 0.677. The van der Waals surface area contributed by atoms with Crippen LogP contribution in [0.3, 0.4) is 0 Å². The Balaban J connectivity index is 3.39. The molecule has 2 unspecified atom stereocenters. The highest BCUT2D eigenvalue weighted by molar-refractivity contribution is 7.86. The summed E-state index contributed by atoms with van der Waals surface area (Å²) in [6.45, 7) is 3.41. The van der Waals surface area contributed by atoms with Crippen molar-refractivity contribution in [2.75, 3.05) is 0 Å². The molecule has 0 aliphatic heterocycles. The lowest BCUT2D eigenvalue weighted by atomic mass is 9.93. The second kappa shape index (κ2) is 7.36. The third-order valence-corrected chi connectivity index (χ3v) is 5.00. The molecule has 0 aromatic carbocycles. The molecule has 2 atom stereocenters. The van der Waals surface area contributed by atoms with Crippen LogP contribution >= 0.6 is 0 Å². The maximum atomic E-state index is 11.6. The average Bonchev–Trinajstić information content (AvgIpc) is 2.36. The van der Waals surface area contributed by atoms with Crippen LogP contribution in [0, 0.1) is 0 Å². The van der Waals surface area contributed by atoms with Gasteiger partial charge in [0.15, 0.2) is 5.75 Å². The van der Waals surface area contributed by atoms with Crippen LogP contribution in [0.4, 0.5) is 0 Å². The molecule has 10 heteroatoms. The van der Waals surface area contributed by atoms with Crippen LogP contribution in [0.15, 0.2) is 18.3 Å². The molecule has 0 radical (unpaired) electrons. The molecule has 1 aromatic heterocycles. The molecule has 0 spiro atoms. The molecule has 0 fully saturated rings. The molecule has 0 aliphatic rings. The number of aromatic nitrogens is 1. The minimum Gasteiger partial charge on any atom is -0.360 e. The Morgan fingerprint density at radius 1 is 1.23 bits per heavy atom. The van der Waals surface area contributed by atoms with Crippen LogP contribution in [-0.2, 0) is 20.5 Å². The normalized spacial score (nSPS) is 15.3. The van der Waals surface area contributed by atoms with Crippen molar-refractivity contribution in [2.24, 2.45) is 0 Å². The summed E-state index contributed by atoms with van der Waals surface area (Å²) in [6.07, 6.45) is 2.40. The maximum Gasteiger partial charge on any atom is 0.446 e. The number of rotatable bonds is 8. The molecule has 126 valence electrons. The van der Waals surface area contributed by atoms with Gasteiger partial charge in [-0.3, -0.25) is 14.1 Å². The van der Waals surface area contributed by atoms with E-state index < -0.39 is 31.7 Å². The molecule has 8 nitrogen and oxygen atoms in total. The predicted molar refractivity (Wildman–Crippen MR) is 79.7 cm³/mol. The number of nitrogens with zero attached hydrogens (tertiary/aromatic N) is 1. The molecule has 0 saturated carbocycles. The number of hydrogen-bond donors (Lipinski definition) is 2. The average molecular weight is 353 g/mol. The van der Waals surface area contributed by atoms with Crippen LogP contribution in [0.1, 0.15) is 44.7 Å². The van der Waals surface area contributed by atoms with E-state index in [0.717, 1.165) is 0 Å². The first kappa shape index (κ1) is 18.8. The van der Waals surface area contributed by atoms with E-state index in [1.165, 1.54) is 18.3 Å². The van der Waals surface area contributed by atoms with Gasteiger partial charge in [-0.25, -0.2) is 0 Å². The zero-order valence-electron chi connectivity index (χ0n) is 12.2. The summed E-state index contributed by atoms with van der Waals surface area (Å²) < 4.78 is 67.6. The first-order chi connectivity index (χ1) is 10.1. The monoisotopic (exact) mass is 353 g/mol. The zero-order valence-corrected chi connectivity index (χ0v) is 13.8. The Hall–Kier alpha value is -1.23. The largest absolute Gasteiger partial charge is 0.446 e. The van der Waals surface area contributed by atoms with Crippen molar-refractivity contribution >= 4 is 20.5 Å². The van der Waals surface area contributed by atoms with Gasteiger partial charge in [0.25, 0.3) is 10.1 Å². The first-order valence-electron chi connectivity index (χ1n) is 6.68. The number of hydrogen-bond acceptors (Lipinski definition) is 6. The van der Waals surface area contributed by atoms with Crippen molar-refractivity contribution in [3.63, 3.8) is 0 Å². The van der Waals surface area contributed by atoms with Crippen LogP contribution < -0.4 is 4.18 Å². The highest BCUT2D eigenvalue weighted by Crippen LogP contribution is 2.35. The molecule has 1 aromatic rings. The van der Waals surface area contributed by atoms with Gasteiger partial charge in [-0.1, -0.05) is 20.3 Å². The summed E-state index contributed by atoms with van der Waals surface area (Å²) in [5.41, 5.74) is 0.0615. The van der Waals surface area contributed by atoms with E-state index in [4.69, 9.17) is 4.55 Å². The lowest BCUT2D eigenvalue weighted by Crippen LogP contribution is -2.28. The predicted octanol–water partition coefficient (Wildman–Crippen LogP) is 1.81. The fourth-order valence-corrected chi connectivity index (χ4v) is 3.85. The Kier molecular flexibility index (Phi) is 6.29. The van der Waals surface area contributed by atoms with Crippen molar-refractivity contribution in [1.29, 1.82) is 0 Å². The molecule has 0 saturated heterocycles. The Labute approximate surface area is 130 Å². The lowest BCUT2D eigenvalue weighted by molar-refractivity contribution is 0.380. The van der Waals surface area contributed by atoms with Crippen molar-refractivity contribution in [1.82, 2.24) is 4.98 Å². The van der Waals surface area contributed by atoms with Crippen molar-refractivity contribution < 1.29 is 30.1 Å². The van der Waals surface area contributed by atoms with Crippen LogP contribution in [0.25, 0.3) is 0 Å². The summed E-state index contributed by atoms with van der Waals surface area (Å²) in [7, 11) is -9.12. The molecule has 2 N–H and O–H groups in total. The summed E-state index contributed by atoms with van der Waals surface area (Å²) >= 11 is 0. The van der Waals surface area contributed by atoms with Crippen molar-refractivity contribution in [3.8, 4) is 5.75 Å². The highest BCUT2D eigenvalue weighted by atomic mass is 32.3. The van der Waals surface area contributed by atoms with Gasteiger partial charge in [0.05, 0.1) is 10.9 Å². The zero-order chi connectivity index (χ0) is 17.0. The minimum absolute atomic E-state index is 0.0615. The van der Waals surface area contributed by atoms with Gasteiger partial charge in [-0.15, -0.1) is 0 Å². The van der Waals surface area contributed by atoms with Gasteiger partial charge in [-0.05, 0) is 25.0 Å². The summed E-state index contributed by atoms with van der Waals surface area (Å²) in [6, 6.07) is 2.65. The standard InChI is InChI=1S/C12H19NO7S2/c1-3-6-9(11(4-2)21(14,15)16)12-10(7-5-8-13-12)20-22(17,18)19/h5,7-9,11H,3-4,6H2,1-2H3,(H,14,15,16)(H,17,18,19). The molecule has 1 rings (SSSR count). The molecular weight excluding hydrogens is 334 g/mol. The SMILES string of the molecule is CCCC(c1ncccc1OS(=O)(=O)O)C(CC)S(=O)(=O)O. The van der Waals surface area contributed by atoms with Crippen molar-refractivity contribution in [3.05, 3.63) is 24.0 Å². The molecule has 1 heterocycles. The summed E-state index contributed by atoms with van der Waals surface area (Å²) in [5.74, 6) is -1.02. The van der Waals surface area contributed by atoms with Gasteiger partial charge < -0.3 is 4.18 Å². The third-order valence-electron chi connectivity index (χ3n) is 3.18. The fraction of sp³-hybridized carbons (Fsp3) is 0.583. The van der Waals surface area contributed by atoms with E-state index in [9.17, 15) is 21.4 Å². The van der Waals surface area contributed by atoms with E-state index in [-0.39, 0.29) is 17.9 Å². The van der Waals surface area contributed by atoms with Gasteiger partial charge in [0, 0.05) is 12.1 Å². The maximum absolute atomic E-state index is 11.6. The topological polar surface area (TPSA) is 131 Å². The van der Waals surface area contributed by atoms with Gasteiger partial charge >= 0.3 is 10.4 Å². The minimum atomic E-state index is -4.77. The van der Waals surface area contributed by atoms with E-state index in [1.807, 2.05) is 6.92 Å². The Morgan fingerprint density at radius 2 is 1.86 bits per heavy atom. The Morgan fingerprint density at radius 3 is 2.32 bits per heavy atom. The molecular formula is C12H19NO7S2. The van der Waals surface area contributed by atoms with E-state index in [0.29, 0.717) is 12.8 Å². The second-order valence-electron chi connectivity index (χ2n) is 4.75. The Bertz CT molecular complexity index is 700. The van der Waals surface area contributed by atoms with Crippen molar-refractivity contribution in [2.45, 2.75) is 44.3 Å². The first-order valence-corrected chi connectivity index (χ1v) is 9.55. The second-order valence-corrected chi connectivity index (χ2v) is 7.41. The highest BCUT2D eigenvalue weighted by Gasteiger charge is 2.34. The van der Waals surface area contributed by atoms with E-state index in [2.05, 4.69) is 9.17 Å².